The largest absolute Gasteiger partial charge is 0.478 e. The van der Waals surface area contributed by atoms with Gasteiger partial charge in [-0.1, -0.05) is 30.2 Å². The normalized spacial score (nSPS) is 10.5. The fraction of sp³-hybridized carbons (Fsp3) is 0.0556. The fourth-order valence-corrected chi connectivity index (χ4v) is 2.69. The van der Waals surface area contributed by atoms with Crippen LogP contribution in [0.5, 0.6) is 0 Å². The van der Waals surface area contributed by atoms with Crippen molar-refractivity contribution in [3.8, 4) is 23.5 Å². The van der Waals surface area contributed by atoms with Crippen LogP contribution in [0, 0.1) is 12.3 Å². The standard InChI is InChI=1S/C18H14N2O2/c1-2-11-7-8-12(14(9-11)18(21)22)17-13-5-3-4-6-15(13)20-16(17)10-19/h1,3-9,20H,10,19H2,(H,21,22). The third-order valence-corrected chi connectivity index (χ3v) is 3.67. The van der Waals surface area contributed by atoms with Crippen molar-refractivity contribution in [2.24, 2.45) is 5.73 Å². The van der Waals surface area contributed by atoms with Gasteiger partial charge in [0, 0.05) is 34.3 Å². The Hall–Kier alpha value is -3.03. The molecule has 3 aromatic rings. The van der Waals surface area contributed by atoms with Crippen molar-refractivity contribution in [2.75, 3.05) is 0 Å². The predicted octanol–water partition coefficient (Wildman–Crippen LogP) is 2.97. The Morgan fingerprint density at radius 1 is 1.27 bits per heavy atom. The lowest BCUT2D eigenvalue weighted by molar-refractivity contribution is 0.0697. The van der Waals surface area contributed by atoms with Crippen molar-refractivity contribution in [3.63, 3.8) is 0 Å². The maximum Gasteiger partial charge on any atom is 0.336 e. The van der Waals surface area contributed by atoms with Gasteiger partial charge in [-0.15, -0.1) is 6.42 Å². The van der Waals surface area contributed by atoms with Crippen LogP contribution in [-0.2, 0) is 6.54 Å². The molecule has 0 atom stereocenters. The molecule has 108 valence electrons. The molecule has 0 aliphatic rings. The Balaban J connectivity index is 2.37. The number of nitrogens with one attached hydrogen (secondary N) is 1. The van der Waals surface area contributed by atoms with Gasteiger partial charge in [0.05, 0.1) is 5.56 Å². The molecule has 0 saturated heterocycles. The van der Waals surface area contributed by atoms with Crippen molar-refractivity contribution in [1.29, 1.82) is 0 Å². The van der Waals surface area contributed by atoms with E-state index in [1.54, 1.807) is 12.1 Å². The zero-order chi connectivity index (χ0) is 15.7. The Labute approximate surface area is 127 Å². The van der Waals surface area contributed by atoms with Gasteiger partial charge in [-0.05, 0) is 23.8 Å². The second-order valence-corrected chi connectivity index (χ2v) is 4.94. The molecule has 0 radical (unpaired) electrons. The summed E-state index contributed by atoms with van der Waals surface area (Å²) in [4.78, 5) is 14.9. The average molecular weight is 290 g/mol. The molecule has 0 saturated carbocycles. The number of H-pyrrole nitrogens is 1. The van der Waals surface area contributed by atoms with Gasteiger partial charge in [0.2, 0.25) is 0 Å². The third-order valence-electron chi connectivity index (χ3n) is 3.67. The van der Waals surface area contributed by atoms with E-state index in [4.69, 9.17) is 12.2 Å². The highest BCUT2D eigenvalue weighted by atomic mass is 16.4. The number of hydrogen-bond donors (Lipinski definition) is 3. The second-order valence-electron chi connectivity index (χ2n) is 4.94. The molecular weight excluding hydrogens is 276 g/mol. The predicted molar refractivity (Wildman–Crippen MR) is 86.5 cm³/mol. The molecule has 0 unspecified atom stereocenters. The average Bonchev–Trinajstić information content (AvgIpc) is 2.92. The van der Waals surface area contributed by atoms with E-state index in [1.165, 1.54) is 6.07 Å². The van der Waals surface area contributed by atoms with E-state index in [0.29, 0.717) is 17.7 Å². The minimum absolute atomic E-state index is 0.176. The molecule has 22 heavy (non-hydrogen) atoms. The van der Waals surface area contributed by atoms with Gasteiger partial charge in [-0.25, -0.2) is 4.79 Å². The molecule has 0 aliphatic carbocycles. The van der Waals surface area contributed by atoms with Crippen LogP contribution in [0.1, 0.15) is 21.6 Å². The number of carboxylic acid groups (broad SMARTS) is 1. The molecule has 1 heterocycles. The van der Waals surface area contributed by atoms with Gasteiger partial charge in [0.1, 0.15) is 0 Å². The molecule has 0 spiro atoms. The quantitative estimate of drug-likeness (QED) is 0.649. The lowest BCUT2D eigenvalue weighted by Gasteiger charge is -2.08. The number of aromatic carboxylic acids is 1. The molecule has 1 aromatic heterocycles. The Morgan fingerprint density at radius 2 is 2.05 bits per heavy atom. The molecule has 0 aliphatic heterocycles. The first-order chi connectivity index (χ1) is 10.7. The van der Waals surface area contributed by atoms with Gasteiger partial charge >= 0.3 is 5.97 Å². The molecule has 4 heteroatoms. The molecule has 4 N–H and O–H groups in total. The molecule has 2 aromatic carbocycles. The van der Waals surface area contributed by atoms with Gasteiger partial charge in [0.25, 0.3) is 0 Å². The number of benzene rings is 2. The summed E-state index contributed by atoms with van der Waals surface area (Å²) < 4.78 is 0. The Bertz CT molecular complexity index is 916. The van der Waals surface area contributed by atoms with Crippen molar-refractivity contribution in [3.05, 3.63) is 59.3 Å². The lowest BCUT2D eigenvalue weighted by Crippen LogP contribution is -2.03. The number of fused-ring (bicyclic) bond motifs is 1. The highest BCUT2D eigenvalue weighted by molar-refractivity contribution is 6.04. The zero-order valence-corrected chi connectivity index (χ0v) is 11.8. The molecular formula is C18H14N2O2. The zero-order valence-electron chi connectivity index (χ0n) is 11.8. The molecule has 0 amide bonds. The van der Waals surface area contributed by atoms with Crippen molar-refractivity contribution in [1.82, 2.24) is 4.98 Å². The van der Waals surface area contributed by atoms with Crippen LogP contribution in [0.3, 0.4) is 0 Å². The summed E-state index contributed by atoms with van der Waals surface area (Å²) in [6, 6.07) is 12.7. The summed E-state index contributed by atoms with van der Waals surface area (Å²) in [6.07, 6.45) is 5.37. The smallest absolute Gasteiger partial charge is 0.336 e. The molecule has 0 fully saturated rings. The highest BCUT2D eigenvalue weighted by Gasteiger charge is 2.18. The number of terminal acetylenes is 1. The van der Waals surface area contributed by atoms with Crippen LogP contribution >= 0.6 is 0 Å². The van der Waals surface area contributed by atoms with Crippen molar-refractivity contribution in [2.45, 2.75) is 6.54 Å². The number of carbonyl (C=O) groups is 1. The number of carboxylic acids is 1. The topological polar surface area (TPSA) is 79.1 Å². The summed E-state index contributed by atoms with van der Waals surface area (Å²) in [5.41, 5.74) is 9.70. The summed E-state index contributed by atoms with van der Waals surface area (Å²) in [6.45, 7) is 0.292. The number of para-hydroxylation sites is 1. The number of hydrogen-bond acceptors (Lipinski definition) is 2. The van der Waals surface area contributed by atoms with Crippen LogP contribution in [0.4, 0.5) is 0 Å². The first-order valence-electron chi connectivity index (χ1n) is 6.79. The van der Waals surface area contributed by atoms with Crippen LogP contribution in [0.15, 0.2) is 42.5 Å². The number of nitrogens with two attached hydrogens (primary N) is 1. The van der Waals surface area contributed by atoms with Crippen molar-refractivity contribution >= 4 is 16.9 Å². The van der Waals surface area contributed by atoms with E-state index < -0.39 is 5.97 Å². The maximum absolute atomic E-state index is 11.6. The van der Waals surface area contributed by atoms with Crippen LogP contribution < -0.4 is 5.73 Å². The third kappa shape index (κ3) is 2.14. The summed E-state index contributed by atoms with van der Waals surface area (Å²) >= 11 is 0. The minimum Gasteiger partial charge on any atom is -0.478 e. The first kappa shape index (κ1) is 13.9. The molecule has 0 bridgehead atoms. The lowest BCUT2D eigenvalue weighted by atomic mass is 9.95. The van der Waals surface area contributed by atoms with Crippen molar-refractivity contribution < 1.29 is 9.90 Å². The summed E-state index contributed by atoms with van der Waals surface area (Å²) in [5.74, 6) is 1.45. The van der Waals surface area contributed by atoms with Gasteiger partial charge in [0.15, 0.2) is 0 Å². The summed E-state index contributed by atoms with van der Waals surface area (Å²) in [5, 5.41) is 10.5. The Kier molecular flexibility index (Phi) is 3.42. The van der Waals surface area contributed by atoms with E-state index >= 15 is 0 Å². The SMILES string of the molecule is C#Cc1ccc(-c2c(CN)[nH]c3ccccc23)c(C(=O)O)c1. The van der Waals surface area contributed by atoms with Gasteiger partial charge in [-0.2, -0.15) is 0 Å². The fourth-order valence-electron chi connectivity index (χ4n) is 2.69. The molecule has 4 nitrogen and oxygen atoms in total. The molecule has 3 rings (SSSR count). The van der Waals surface area contributed by atoms with Crippen LogP contribution in [-0.4, -0.2) is 16.1 Å². The maximum atomic E-state index is 11.6. The van der Waals surface area contributed by atoms with Gasteiger partial charge < -0.3 is 15.8 Å². The second kappa shape index (κ2) is 5.40. The number of aromatic nitrogens is 1. The number of rotatable bonds is 3. The van der Waals surface area contributed by atoms with E-state index in [2.05, 4.69) is 10.9 Å². The summed E-state index contributed by atoms with van der Waals surface area (Å²) in [7, 11) is 0. The van der Waals surface area contributed by atoms with E-state index in [-0.39, 0.29) is 5.56 Å². The first-order valence-corrected chi connectivity index (χ1v) is 6.79. The van der Waals surface area contributed by atoms with E-state index in [1.807, 2.05) is 24.3 Å². The van der Waals surface area contributed by atoms with Gasteiger partial charge in [-0.3, -0.25) is 0 Å². The Morgan fingerprint density at radius 3 is 2.73 bits per heavy atom. The van der Waals surface area contributed by atoms with Crippen LogP contribution in [0.25, 0.3) is 22.0 Å². The van der Waals surface area contributed by atoms with Crippen LogP contribution in [0.2, 0.25) is 0 Å². The monoisotopic (exact) mass is 290 g/mol. The van der Waals surface area contributed by atoms with E-state index in [9.17, 15) is 9.90 Å². The highest BCUT2D eigenvalue weighted by Crippen LogP contribution is 2.34. The number of aromatic amines is 1. The minimum atomic E-state index is -1.01. The van der Waals surface area contributed by atoms with E-state index in [0.717, 1.165) is 22.2 Å².